The van der Waals surface area contributed by atoms with Crippen molar-refractivity contribution in [2.24, 2.45) is 23.7 Å². The van der Waals surface area contributed by atoms with Gasteiger partial charge in [0.2, 0.25) is 11.8 Å². The molecule has 4 aromatic carbocycles. The van der Waals surface area contributed by atoms with Crippen LogP contribution < -0.4 is 5.43 Å². The minimum Gasteiger partial charge on any atom is -0.505 e. The minimum atomic E-state index is -1.51. The predicted molar refractivity (Wildman–Crippen MR) is 203 cm³/mol. The van der Waals surface area contributed by atoms with Crippen LogP contribution in [-0.4, -0.2) is 62.7 Å². The first-order valence-electron chi connectivity index (χ1n) is 19.3. The van der Waals surface area contributed by atoms with Gasteiger partial charge in [-0.3, -0.25) is 34.4 Å². The molecule has 9 nitrogen and oxygen atoms in total. The summed E-state index contributed by atoms with van der Waals surface area (Å²) in [7, 11) is 0. The van der Waals surface area contributed by atoms with Gasteiger partial charge in [0.25, 0.3) is 11.8 Å². The maximum absolute atomic E-state index is 15.4. The van der Waals surface area contributed by atoms with Crippen LogP contribution in [0.1, 0.15) is 53.9 Å². The smallest absolute Gasteiger partial charge is 0.260 e. The van der Waals surface area contributed by atoms with Gasteiger partial charge in [0.1, 0.15) is 0 Å². The molecule has 55 heavy (non-hydrogen) atoms. The second kappa shape index (κ2) is 13.6. The number of nitrogens with one attached hydrogen (secondary N) is 1. The summed E-state index contributed by atoms with van der Waals surface area (Å²) in [5, 5.41) is 11.4. The summed E-state index contributed by atoms with van der Waals surface area (Å²) in [5.41, 5.74) is 6.14. The van der Waals surface area contributed by atoms with Gasteiger partial charge in [0.05, 0.1) is 28.9 Å². The Morgan fingerprint density at radius 3 is 2.20 bits per heavy atom. The van der Waals surface area contributed by atoms with E-state index < -0.39 is 58.4 Å². The third kappa shape index (κ3) is 5.60. The summed E-state index contributed by atoms with van der Waals surface area (Å²) in [5.74, 6) is -6.35. The molecule has 0 radical (unpaired) electrons. The van der Waals surface area contributed by atoms with E-state index in [0.29, 0.717) is 36.1 Å². The average molecular weight is 739 g/mol. The second-order valence-corrected chi connectivity index (χ2v) is 15.8. The van der Waals surface area contributed by atoms with Crippen LogP contribution in [0.5, 0.6) is 5.75 Å². The van der Waals surface area contributed by atoms with E-state index in [4.69, 9.17) is 0 Å². The molecule has 10 heteroatoms. The number of piperidine rings is 1. The van der Waals surface area contributed by atoms with Gasteiger partial charge in [0.15, 0.2) is 11.6 Å². The van der Waals surface area contributed by atoms with Crippen LogP contribution >= 0.6 is 0 Å². The van der Waals surface area contributed by atoms with Crippen LogP contribution in [0.4, 0.5) is 10.1 Å². The fourth-order valence-corrected chi connectivity index (χ4v) is 10.4. The Labute approximate surface area is 319 Å². The fraction of sp³-hybridized carbons (Fsp3) is 0.333. The average Bonchev–Trinajstić information content (AvgIpc) is 3.58. The number of hydrogen-bond acceptors (Lipinski definition) is 7. The van der Waals surface area contributed by atoms with Crippen molar-refractivity contribution >= 4 is 29.3 Å². The molecule has 280 valence electrons. The van der Waals surface area contributed by atoms with Crippen molar-refractivity contribution in [3.05, 3.63) is 143 Å². The molecule has 2 N–H and O–H groups in total. The number of carbonyl (C=O) groups excluding carboxylic acids is 4. The number of fused-ring (bicyclic) bond motifs is 4. The number of imide groups is 2. The van der Waals surface area contributed by atoms with Crippen molar-refractivity contribution in [3.8, 4) is 5.75 Å². The van der Waals surface area contributed by atoms with E-state index in [9.17, 15) is 19.5 Å². The van der Waals surface area contributed by atoms with E-state index in [1.807, 2.05) is 73.7 Å². The van der Waals surface area contributed by atoms with Crippen molar-refractivity contribution in [2.45, 2.75) is 56.5 Å². The van der Waals surface area contributed by atoms with Crippen LogP contribution in [0.3, 0.4) is 0 Å². The van der Waals surface area contributed by atoms with Gasteiger partial charge in [-0.15, -0.1) is 0 Å². The molecule has 6 unspecified atom stereocenters. The first kappa shape index (κ1) is 35.1. The summed E-state index contributed by atoms with van der Waals surface area (Å²) in [6.45, 7) is 4.28. The maximum atomic E-state index is 15.4. The third-order valence-corrected chi connectivity index (χ3v) is 12.9. The van der Waals surface area contributed by atoms with Crippen molar-refractivity contribution < 1.29 is 28.7 Å². The van der Waals surface area contributed by atoms with Crippen LogP contribution in [-0.2, 0) is 31.1 Å². The molecule has 0 bridgehead atoms. The lowest BCUT2D eigenvalue weighted by atomic mass is 9.49. The molecule has 3 saturated heterocycles. The van der Waals surface area contributed by atoms with E-state index in [-0.39, 0.29) is 24.3 Å². The van der Waals surface area contributed by atoms with Crippen molar-refractivity contribution in [1.82, 2.24) is 14.8 Å². The number of halogens is 1. The summed E-state index contributed by atoms with van der Waals surface area (Å²) in [6.07, 6.45) is 3.79. The second-order valence-electron chi connectivity index (χ2n) is 15.8. The lowest BCUT2D eigenvalue weighted by Gasteiger charge is -2.50. The monoisotopic (exact) mass is 738 g/mol. The number of benzene rings is 4. The summed E-state index contributed by atoms with van der Waals surface area (Å²) in [4.78, 5) is 63.0. The van der Waals surface area contributed by atoms with Crippen LogP contribution in [0, 0.1) is 36.4 Å². The molecular weight excluding hydrogens is 696 g/mol. The highest BCUT2D eigenvalue weighted by molar-refractivity contribution is 6.13. The Bertz CT molecular complexity index is 2200. The van der Waals surface area contributed by atoms with E-state index >= 15 is 9.18 Å². The number of allylic oxidation sites excluding steroid dienone is 2. The Hall–Kier alpha value is -5.61. The molecular formula is C45H43FN4O5. The standard InChI is InChI=1S/C45H43FN4O5/c1-27-12-15-31(16-13-27)47-50-42(53)36-25-35-33(40(29-14-19-38(51)37(46)24-29)45(36,44(50)55)30-10-6-3-7-11-30)17-18-34-39(35)43(54)49(41(34)52)32-20-22-48(23-21-32)26-28-8-4-2-5-9-28/h2-17,19,24,32,34-36,39-40,47,51H,18,20-23,25-26H2,1H3. The van der Waals surface area contributed by atoms with Crippen LogP contribution in [0.15, 0.2) is 115 Å². The minimum absolute atomic E-state index is 0.165. The van der Waals surface area contributed by atoms with Crippen molar-refractivity contribution in [1.29, 1.82) is 0 Å². The highest BCUT2D eigenvalue weighted by atomic mass is 19.1. The molecule has 5 aliphatic rings. The molecule has 0 aromatic heterocycles. The topological polar surface area (TPSA) is 110 Å². The lowest BCUT2D eigenvalue weighted by molar-refractivity contribution is -0.144. The highest BCUT2D eigenvalue weighted by Gasteiger charge is 2.70. The summed E-state index contributed by atoms with van der Waals surface area (Å²) < 4.78 is 15.4. The van der Waals surface area contributed by atoms with Crippen LogP contribution in [0.2, 0.25) is 0 Å². The van der Waals surface area contributed by atoms with E-state index in [0.717, 1.165) is 35.8 Å². The predicted octanol–water partition coefficient (Wildman–Crippen LogP) is 6.49. The van der Waals surface area contributed by atoms with Gasteiger partial charge >= 0.3 is 0 Å². The first-order chi connectivity index (χ1) is 26.7. The maximum Gasteiger partial charge on any atom is 0.260 e. The number of rotatable bonds is 7. The number of nitrogens with zero attached hydrogens (tertiary/aromatic N) is 3. The molecule has 4 amide bonds. The van der Waals surface area contributed by atoms with Gasteiger partial charge in [0, 0.05) is 31.6 Å². The number of hydrazine groups is 1. The number of aryl methyl sites for hydroxylation is 1. The van der Waals surface area contributed by atoms with Gasteiger partial charge in [-0.25, -0.2) is 4.39 Å². The summed E-state index contributed by atoms with van der Waals surface area (Å²) >= 11 is 0. The Balaban J connectivity index is 1.10. The molecule has 1 saturated carbocycles. The number of phenols is 1. The zero-order valence-electron chi connectivity index (χ0n) is 30.6. The Kier molecular flexibility index (Phi) is 8.68. The SMILES string of the molecule is Cc1ccc(NN2C(=O)C3CC4C(=CCC5C(=O)N(C6CCN(Cc7ccccc7)CC6)C(=O)C54)C(c4ccc(O)c(F)c4)C3(c3ccccc3)C2=O)cc1. The number of amides is 4. The molecule has 4 aromatic rings. The van der Waals surface area contributed by atoms with E-state index in [2.05, 4.69) is 22.5 Å². The van der Waals surface area contributed by atoms with Crippen LogP contribution in [0.25, 0.3) is 0 Å². The molecule has 9 rings (SSSR count). The number of hydrogen-bond donors (Lipinski definition) is 2. The molecule has 0 spiro atoms. The molecule has 6 atom stereocenters. The number of carbonyl (C=O) groups is 4. The number of phenolic OH excluding ortho intramolecular Hbond substituents is 1. The summed E-state index contributed by atoms with van der Waals surface area (Å²) in [6, 6.07) is 30.7. The highest BCUT2D eigenvalue weighted by Crippen LogP contribution is 2.64. The van der Waals surface area contributed by atoms with Gasteiger partial charge in [-0.2, -0.15) is 5.01 Å². The zero-order valence-corrected chi connectivity index (χ0v) is 30.6. The Morgan fingerprint density at radius 1 is 0.818 bits per heavy atom. The van der Waals surface area contributed by atoms with E-state index in [1.54, 1.807) is 18.2 Å². The molecule has 3 heterocycles. The fourth-order valence-electron chi connectivity index (χ4n) is 10.4. The van der Waals surface area contributed by atoms with Gasteiger partial charge in [-0.05, 0) is 79.5 Å². The zero-order chi connectivity index (χ0) is 38.0. The lowest BCUT2D eigenvalue weighted by Crippen LogP contribution is -2.53. The number of likely N-dealkylation sites (tertiary alicyclic amines) is 2. The molecule has 4 fully saturated rings. The van der Waals surface area contributed by atoms with Crippen molar-refractivity contribution in [2.75, 3.05) is 18.5 Å². The van der Waals surface area contributed by atoms with E-state index in [1.165, 1.54) is 22.6 Å². The normalized spacial score (nSPS) is 28.2. The quantitative estimate of drug-likeness (QED) is 0.165. The van der Waals surface area contributed by atoms with Gasteiger partial charge < -0.3 is 5.11 Å². The van der Waals surface area contributed by atoms with Gasteiger partial charge in [-0.1, -0.05) is 96.1 Å². The number of aromatic hydroxyl groups is 1. The first-order valence-corrected chi connectivity index (χ1v) is 19.3. The molecule has 3 aliphatic heterocycles. The molecule has 2 aliphatic carbocycles. The van der Waals surface area contributed by atoms with Crippen molar-refractivity contribution in [3.63, 3.8) is 0 Å². The largest absolute Gasteiger partial charge is 0.505 e. The Morgan fingerprint density at radius 2 is 1.51 bits per heavy atom. The third-order valence-electron chi connectivity index (χ3n) is 12.9. The number of anilines is 1.